The van der Waals surface area contributed by atoms with Gasteiger partial charge in [0.2, 0.25) is 12.7 Å². The van der Waals surface area contributed by atoms with Gasteiger partial charge >= 0.3 is 0 Å². The predicted molar refractivity (Wildman–Crippen MR) is 74.8 cm³/mol. The highest BCUT2D eigenvalue weighted by atomic mass is 35.5. The average molecular weight is 287 g/mol. The summed E-state index contributed by atoms with van der Waals surface area (Å²) in [6.45, 7) is 1.60. The molecule has 2 rings (SSSR count). The first-order valence-electron chi connectivity index (χ1n) is 6.15. The van der Waals surface area contributed by atoms with Crippen LogP contribution in [0.2, 0.25) is 0 Å². The molecule has 3 N–H and O–H groups in total. The minimum Gasteiger partial charge on any atom is -0.454 e. The van der Waals surface area contributed by atoms with E-state index in [1.165, 1.54) is 0 Å². The molecule has 1 aromatic carbocycles. The maximum atomic E-state index is 11.7. The van der Waals surface area contributed by atoms with Crippen LogP contribution in [0.25, 0.3) is 0 Å². The predicted octanol–water partition coefficient (Wildman–Crippen LogP) is 1.23. The third-order valence-electron chi connectivity index (χ3n) is 2.75. The molecule has 0 saturated heterocycles. The average Bonchev–Trinajstić information content (AvgIpc) is 2.82. The molecule has 106 valence electrons. The van der Waals surface area contributed by atoms with Crippen molar-refractivity contribution >= 4 is 18.3 Å². The summed E-state index contributed by atoms with van der Waals surface area (Å²) in [5, 5.41) is 2.87. The summed E-state index contributed by atoms with van der Waals surface area (Å²) in [5.74, 6) is 1.47. The second kappa shape index (κ2) is 7.86. The molecule has 0 saturated carbocycles. The molecule has 0 spiro atoms. The number of rotatable bonds is 6. The molecular formula is C13H19ClN2O3. The van der Waals surface area contributed by atoms with Gasteiger partial charge in [0.15, 0.2) is 11.5 Å². The lowest BCUT2D eigenvalue weighted by Crippen LogP contribution is -2.26. The van der Waals surface area contributed by atoms with Crippen LogP contribution in [-0.4, -0.2) is 25.8 Å². The Hall–Kier alpha value is -1.46. The van der Waals surface area contributed by atoms with Crippen molar-refractivity contribution in [3.8, 4) is 11.5 Å². The standard InChI is InChI=1S/C13H18N2O3.ClH/c14-5-1-2-6-15-13(16)8-10-3-4-11-12(7-10)18-9-17-11;/h3-4,7H,1-2,5-6,8-9,14H2,(H,15,16);1H. The Morgan fingerprint density at radius 3 is 2.84 bits per heavy atom. The van der Waals surface area contributed by atoms with Gasteiger partial charge in [-0.1, -0.05) is 6.07 Å². The van der Waals surface area contributed by atoms with E-state index in [2.05, 4.69) is 5.32 Å². The van der Waals surface area contributed by atoms with Gasteiger partial charge in [0.25, 0.3) is 0 Å². The van der Waals surface area contributed by atoms with Crippen molar-refractivity contribution in [2.45, 2.75) is 19.3 Å². The van der Waals surface area contributed by atoms with Crippen molar-refractivity contribution in [3.63, 3.8) is 0 Å². The third-order valence-corrected chi connectivity index (χ3v) is 2.75. The zero-order valence-corrected chi connectivity index (χ0v) is 11.5. The molecule has 19 heavy (non-hydrogen) atoms. The number of amides is 1. The number of nitrogens with one attached hydrogen (secondary N) is 1. The molecule has 1 aliphatic rings. The zero-order valence-electron chi connectivity index (χ0n) is 10.7. The molecule has 5 nitrogen and oxygen atoms in total. The van der Waals surface area contributed by atoms with Crippen molar-refractivity contribution in [2.24, 2.45) is 5.73 Å². The topological polar surface area (TPSA) is 73.6 Å². The van der Waals surface area contributed by atoms with Crippen LogP contribution >= 0.6 is 12.4 Å². The van der Waals surface area contributed by atoms with Gasteiger partial charge in [-0.25, -0.2) is 0 Å². The van der Waals surface area contributed by atoms with E-state index in [0.29, 0.717) is 25.3 Å². The van der Waals surface area contributed by atoms with Crippen LogP contribution in [0.5, 0.6) is 11.5 Å². The number of carbonyl (C=O) groups excluding carboxylic acids is 1. The Morgan fingerprint density at radius 1 is 1.26 bits per heavy atom. The van der Waals surface area contributed by atoms with Gasteiger partial charge in [-0.05, 0) is 37.1 Å². The lowest BCUT2D eigenvalue weighted by Gasteiger charge is -2.05. The number of hydrogen-bond donors (Lipinski definition) is 2. The van der Waals surface area contributed by atoms with Crippen molar-refractivity contribution in [3.05, 3.63) is 23.8 Å². The fraction of sp³-hybridized carbons (Fsp3) is 0.462. The zero-order chi connectivity index (χ0) is 12.8. The summed E-state index contributed by atoms with van der Waals surface area (Å²) < 4.78 is 10.5. The molecule has 0 aromatic heterocycles. The van der Waals surface area contributed by atoms with E-state index in [-0.39, 0.29) is 25.1 Å². The summed E-state index contributed by atoms with van der Waals surface area (Å²) in [4.78, 5) is 11.7. The number of carbonyl (C=O) groups is 1. The first-order chi connectivity index (χ1) is 8.79. The van der Waals surface area contributed by atoms with Crippen LogP contribution in [0, 0.1) is 0 Å². The van der Waals surface area contributed by atoms with E-state index in [0.717, 1.165) is 24.2 Å². The minimum absolute atomic E-state index is 0. The number of ether oxygens (including phenoxy) is 2. The summed E-state index contributed by atoms with van der Waals surface area (Å²) in [5.41, 5.74) is 6.31. The van der Waals surface area contributed by atoms with Crippen molar-refractivity contribution in [1.82, 2.24) is 5.32 Å². The van der Waals surface area contributed by atoms with Crippen LogP contribution in [0.15, 0.2) is 18.2 Å². The highest BCUT2D eigenvalue weighted by Crippen LogP contribution is 2.32. The van der Waals surface area contributed by atoms with Gasteiger partial charge in [0, 0.05) is 6.54 Å². The molecule has 1 aliphatic heterocycles. The summed E-state index contributed by atoms with van der Waals surface area (Å²) in [6, 6.07) is 5.56. The summed E-state index contributed by atoms with van der Waals surface area (Å²) in [6.07, 6.45) is 2.22. The molecule has 0 radical (unpaired) electrons. The van der Waals surface area contributed by atoms with Crippen molar-refractivity contribution < 1.29 is 14.3 Å². The number of benzene rings is 1. The van der Waals surface area contributed by atoms with Gasteiger partial charge in [0.1, 0.15) is 0 Å². The molecule has 1 amide bonds. The molecule has 1 aromatic rings. The van der Waals surface area contributed by atoms with E-state index in [4.69, 9.17) is 15.2 Å². The van der Waals surface area contributed by atoms with E-state index >= 15 is 0 Å². The maximum absolute atomic E-state index is 11.7. The summed E-state index contributed by atoms with van der Waals surface area (Å²) in [7, 11) is 0. The van der Waals surface area contributed by atoms with E-state index in [1.54, 1.807) is 0 Å². The van der Waals surface area contributed by atoms with Crippen LogP contribution in [0.1, 0.15) is 18.4 Å². The number of unbranched alkanes of at least 4 members (excludes halogenated alkanes) is 1. The van der Waals surface area contributed by atoms with E-state index < -0.39 is 0 Å². The number of nitrogens with two attached hydrogens (primary N) is 1. The quantitative estimate of drug-likeness (QED) is 0.772. The number of halogens is 1. The van der Waals surface area contributed by atoms with Gasteiger partial charge in [-0.3, -0.25) is 4.79 Å². The SMILES string of the molecule is Cl.NCCCCNC(=O)Cc1ccc2c(c1)OCO2. The van der Waals surface area contributed by atoms with Gasteiger partial charge in [0.05, 0.1) is 6.42 Å². The molecule has 0 aliphatic carbocycles. The molecule has 0 atom stereocenters. The van der Waals surface area contributed by atoms with Crippen molar-refractivity contribution in [2.75, 3.05) is 19.9 Å². The van der Waals surface area contributed by atoms with Crippen LogP contribution in [0.3, 0.4) is 0 Å². The molecule has 0 bridgehead atoms. The van der Waals surface area contributed by atoms with E-state index in [1.807, 2.05) is 18.2 Å². The van der Waals surface area contributed by atoms with Crippen LogP contribution < -0.4 is 20.5 Å². The fourth-order valence-electron chi connectivity index (χ4n) is 1.80. The smallest absolute Gasteiger partial charge is 0.231 e. The largest absolute Gasteiger partial charge is 0.454 e. The lowest BCUT2D eigenvalue weighted by molar-refractivity contribution is -0.120. The second-order valence-electron chi connectivity index (χ2n) is 4.21. The first-order valence-corrected chi connectivity index (χ1v) is 6.15. The molecule has 0 unspecified atom stereocenters. The summed E-state index contributed by atoms with van der Waals surface area (Å²) >= 11 is 0. The first kappa shape index (κ1) is 15.6. The molecule has 0 fully saturated rings. The second-order valence-corrected chi connectivity index (χ2v) is 4.21. The molecule has 6 heteroatoms. The molecule has 1 heterocycles. The van der Waals surface area contributed by atoms with E-state index in [9.17, 15) is 4.79 Å². The van der Waals surface area contributed by atoms with Crippen LogP contribution in [0.4, 0.5) is 0 Å². The van der Waals surface area contributed by atoms with Crippen LogP contribution in [-0.2, 0) is 11.2 Å². The van der Waals surface area contributed by atoms with Gasteiger partial charge < -0.3 is 20.5 Å². The van der Waals surface area contributed by atoms with Gasteiger partial charge in [-0.2, -0.15) is 0 Å². The minimum atomic E-state index is 0. The number of fused-ring (bicyclic) bond motifs is 1. The highest BCUT2D eigenvalue weighted by Gasteiger charge is 2.14. The highest BCUT2D eigenvalue weighted by molar-refractivity contribution is 5.85. The Balaban J connectivity index is 0.00000180. The Bertz CT molecular complexity index is 426. The monoisotopic (exact) mass is 286 g/mol. The number of hydrogen-bond acceptors (Lipinski definition) is 4. The Kier molecular flexibility index (Phi) is 6.45. The lowest BCUT2D eigenvalue weighted by atomic mass is 10.1. The molecular weight excluding hydrogens is 268 g/mol. The normalized spacial score (nSPS) is 11.8. The van der Waals surface area contributed by atoms with Gasteiger partial charge in [-0.15, -0.1) is 12.4 Å². The third kappa shape index (κ3) is 4.61. The fourth-order valence-corrected chi connectivity index (χ4v) is 1.80. The Morgan fingerprint density at radius 2 is 2.05 bits per heavy atom. The Labute approximate surface area is 118 Å². The van der Waals surface area contributed by atoms with Crippen molar-refractivity contribution in [1.29, 1.82) is 0 Å². The maximum Gasteiger partial charge on any atom is 0.231 e.